The van der Waals surface area contributed by atoms with Crippen molar-refractivity contribution in [2.45, 2.75) is 55.6 Å². The first-order valence-corrected chi connectivity index (χ1v) is 18.8. The van der Waals surface area contributed by atoms with Gasteiger partial charge < -0.3 is 4.43 Å². The largest absolute Gasteiger partial charge is 0.402 e. The molecule has 0 aliphatic rings. The predicted octanol–water partition coefficient (Wildman–Crippen LogP) is 7.78. The Morgan fingerprint density at radius 3 is 1.81 bits per heavy atom. The minimum atomic E-state index is -1.81. The van der Waals surface area contributed by atoms with Crippen LogP contribution in [0, 0.1) is 0 Å². The molecule has 0 aromatic rings. The molecular formula is C11H24Cl3OPS4Si. The summed E-state index contributed by atoms with van der Waals surface area (Å²) in [5.41, 5.74) is -0.492. The Kier molecular flexibility index (Phi) is 12.1. The van der Waals surface area contributed by atoms with E-state index in [9.17, 15) is 0 Å². The predicted molar refractivity (Wildman–Crippen MR) is 116 cm³/mol. The Morgan fingerprint density at radius 1 is 1.10 bits per heavy atom. The fourth-order valence-electron chi connectivity index (χ4n) is 1.09. The highest BCUT2D eigenvalue weighted by molar-refractivity contribution is 9.23. The highest BCUT2D eigenvalue weighted by Crippen LogP contribution is 2.80. The quantitative estimate of drug-likeness (QED) is 0.140. The maximum Gasteiger partial charge on any atom is 0.224 e. The van der Waals surface area contributed by atoms with E-state index in [4.69, 9.17) is 51.0 Å². The fourth-order valence-corrected chi connectivity index (χ4v) is 18.1. The van der Waals surface area contributed by atoms with Crippen molar-refractivity contribution >= 4 is 92.7 Å². The Hall–Kier alpha value is 2.75. The zero-order valence-electron chi connectivity index (χ0n) is 13.0. The summed E-state index contributed by atoms with van der Waals surface area (Å²) in [4.78, 5) is 0. The molecule has 0 bridgehead atoms. The smallest absolute Gasteiger partial charge is 0.224 e. The van der Waals surface area contributed by atoms with Gasteiger partial charge in [-0.05, 0) is 44.0 Å². The minimum absolute atomic E-state index is 0.492. The highest BCUT2D eigenvalue weighted by atomic mass is 35.6. The van der Waals surface area contributed by atoms with E-state index in [-0.39, 0.29) is 0 Å². The van der Waals surface area contributed by atoms with Crippen molar-refractivity contribution in [3.8, 4) is 0 Å². The standard InChI is InChI=1S/C11H24Cl3OPS4Si/c1-6-8-18-16(17,19-9-7-2)20-10(11(12,13)14)15-21(3,4)5/h10H,6-9H2,1-5H3. The van der Waals surface area contributed by atoms with Gasteiger partial charge in [-0.2, -0.15) is 0 Å². The normalized spacial score (nSPS) is 15.2. The van der Waals surface area contributed by atoms with Crippen LogP contribution < -0.4 is 0 Å². The number of alkyl halides is 3. The average molecular weight is 466 g/mol. The molecule has 0 aliphatic carbocycles. The Balaban J connectivity index is 5.06. The highest BCUT2D eigenvalue weighted by Gasteiger charge is 2.41. The number of rotatable bonds is 10. The molecule has 0 aromatic carbocycles. The molecule has 0 fully saturated rings. The van der Waals surface area contributed by atoms with Crippen molar-refractivity contribution < 1.29 is 4.43 Å². The average Bonchev–Trinajstić information content (AvgIpc) is 2.30. The van der Waals surface area contributed by atoms with E-state index in [1.54, 1.807) is 11.4 Å². The van der Waals surface area contributed by atoms with Crippen LogP contribution in [0.25, 0.3) is 0 Å². The summed E-state index contributed by atoms with van der Waals surface area (Å²) < 4.78 is 2.88. The van der Waals surface area contributed by atoms with E-state index >= 15 is 0 Å². The van der Waals surface area contributed by atoms with Crippen molar-refractivity contribution in [1.82, 2.24) is 0 Å². The lowest BCUT2D eigenvalue weighted by atomic mass is 10.6. The molecule has 0 heterocycles. The van der Waals surface area contributed by atoms with Crippen LogP contribution in [0.3, 0.4) is 0 Å². The molecule has 0 spiro atoms. The first-order valence-electron chi connectivity index (χ1n) is 6.75. The summed E-state index contributed by atoms with van der Waals surface area (Å²) in [6.45, 7) is 10.6. The molecule has 1 unspecified atom stereocenters. The second kappa shape index (κ2) is 10.7. The molecule has 1 nitrogen and oxygen atoms in total. The second-order valence-electron chi connectivity index (χ2n) is 5.32. The minimum Gasteiger partial charge on any atom is -0.402 e. The first-order chi connectivity index (χ1) is 9.43. The van der Waals surface area contributed by atoms with Crippen LogP contribution in [0.1, 0.15) is 26.7 Å². The van der Waals surface area contributed by atoms with Gasteiger partial charge in [0.25, 0.3) is 0 Å². The number of halogens is 3. The third-order valence-electron chi connectivity index (χ3n) is 1.86. The number of hydrogen-bond acceptors (Lipinski definition) is 5. The lowest BCUT2D eigenvalue weighted by Gasteiger charge is -2.34. The van der Waals surface area contributed by atoms with Crippen LogP contribution in [-0.4, -0.2) is 29.1 Å². The molecule has 0 radical (unpaired) electrons. The monoisotopic (exact) mass is 464 g/mol. The van der Waals surface area contributed by atoms with Gasteiger partial charge in [0.05, 0.1) is 0 Å². The van der Waals surface area contributed by atoms with Gasteiger partial charge in [-0.15, -0.1) is 22.8 Å². The molecule has 1 atom stereocenters. The van der Waals surface area contributed by atoms with Gasteiger partial charge in [0.1, 0.15) is 9.08 Å². The van der Waals surface area contributed by atoms with Crippen molar-refractivity contribution in [2.24, 2.45) is 0 Å². The molecule has 0 N–H and O–H groups in total. The molecule has 0 amide bonds. The van der Waals surface area contributed by atoms with Gasteiger partial charge in [-0.25, -0.2) is 0 Å². The topological polar surface area (TPSA) is 9.23 Å². The lowest BCUT2D eigenvalue weighted by molar-refractivity contribution is 0.287. The van der Waals surface area contributed by atoms with E-state index in [1.807, 2.05) is 22.8 Å². The van der Waals surface area contributed by atoms with Gasteiger partial charge >= 0.3 is 0 Å². The van der Waals surface area contributed by atoms with Gasteiger partial charge in [-0.1, -0.05) is 71.8 Å². The maximum absolute atomic E-state index is 6.14. The van der Waals surface area contributed by atoms with Crippen LogP contribution >= 0.6 is 72.6 Å². The molecule has 0 saturated heterocycles. The summed E-state index contributed by atoms with van der Waals surface area (Å²) in [6, 6.07) is 0. The summed E-state index contributed by atoms with van der Waals surface area (Å²) in [7, 11) is -1.81. The van der Waals surface area contributed by atoms with E-state index < -0.39 is 21.2 Å². The number of hydrogen-bond donors (Lipinski definition) is 0. The van der Waals surface area contributed by atoms with Gasteiger partial charge in [0.2, 0.25) is 3.79 Å². The molecule has 128 valence electrons. The molecule has 21 heavy (non-hydrogen) atoms. The SMILES string of the molecule is CCCSP(=S)(SCCC)SC(O[Si](C)(C)C)C(Cl)(Cl)Cl. The molecule has 0 rings (SSSR count). The second-order valence-corrected chi connectivity index (χ2v) is 27.9. The molecular weight excluding hydrogens is 442 g/mol. The van der Waals surface area contributed by atoms with Crippen molar-refractivity contribution in [2.75, 3.05) is 11.5 Å². The van der Waals surface area contributed by atoms with Gasteiger partial charge in [-0.3, -0.25) is 0 Å². The van der Waals surface area contributed by atoms with Gasteiger partial charge in [0, 0.05) is 0 Å². The summed E-state index contributed by atoms with van der Waals surface area (Å²) >= 11 is 29.6. The van der Waals surface area contributed by atoms with Crippen LogP contribution in [-0.2, 0) is 16.2 Å². The Morgan fingerprint density at radius 2 is 1.52 bits per heavy atom. The van der Waals surface area contributed by atoms with Crippen molar-refractivity contribution in [3.63, 3.8) is 0 Å². The molecule has 0 aliphatic heterocycles. The van der Waals surface area contributed by atoms with E-state index in [2.05, 4.69) is 33.5 Å². The maximum atomic E-state index is 6.14. The van der Waals surface area contributed by atoms with Crippen LogP contribution in [0.2, 0.25) is 19.6 Å². The van der Waals surface area contributed by atoms with Gasteiger partial charge in [0.15, 0.2) is 8.32 Å². The zero-order valence-corrected chi connectivity index (χ0v) is 20.5. The Bertz CT molecular complexity index is 337. The lowest BCUT2D eigenvalue weighted by Crippen LogP contribution is -2.37. The Labute approximate surface area is 163 Å². The molecule has 0 aromatic heterocycles. The summed E-state index contributed by atoms with van der Waals surface area (Å²) in [5.74, 6) is 2.08. The molecule has 0 saturated carbocycles. The fraction of sp³-hybridized carbons (Fsp3) is 1.00. The van der Waals surface area contributed by atoms with Crippen LogP contribution in [0.4, 0.5) is 0 Å². The third-order valence-corrected chi connectivity index (χ3v) is 19.0. The zero-order chi connectivity index (χ0) is 16.7. The first kappa shape index (κ1) is 23.7. The van der Waals surface area contributed by atoms with Crippen LogP contribution in [0.15, 0.2) is 0 Å². The van der Waals surface area contributed by atoms with Crippen molar-refractivity contribution in [3.05, 3.63) is 0 Å². The summed E-state index contributed by atoms with van der Waals surface area (Å²) in [6.07, 6.45) is 2.20. The van der Waals surface area contributed by atoms with E-state index in [0.29, 0.717) is 0 Å². The van der Waals surface area contributed by atoms with E-state index in [0.717, 1.165) is 24.3 Å². The summed E-state index contributed by atoms with van der Waals surface area (Å²) in [5, 5.41) is 0. The van der Waals surface area contributed by atoms with Crippen molar-refractivity contribution in [1.29, 1.82) is 0 Å². The third kappa shape index (κ3) is 11.8. The van der Waals surface area contributed by atoms with E-state index in [1.165, 1.54) is 0 Å². The van der Waals surface area contributed by atoms with Crippen LogP contribution in [0.5, 0.6) is 0 Å². The molecule has 10 heteroatoms.